The molecule has 1 unspecified atom stereocenters. The van der Waals surface area contributed by atoms with E-state index in [2.05, 4.69) is 9.47 Å². The highest BCUT2D eigenvalue weighted by atomic mass is 16.5. The Hall–Kier alpha value is -1.52. The van der Waals surface area contributed by atoms with Gasteiger partial charge in [0.05, 0.1) is 20.3 Å². The molecule has 1 saturated heterocycles. The summed E-state index contributed by atoms with van der Waals surface area (Å²) in [5.74, 6) is -0.386. The number of likely N-dealkylation sites (tertiary alicyclic amines) is 1. The van der Waals surface area contributed by atoms with E-state index in [0.717, 1.165) is 5.57 Å². The molecule has 1 heterocycles. The minimum absolute atomic E-state index is 0.100. The number of nitrogens with zero attached hydrogens (tertiary/aromatic N) is 1. The van der Waals surface area contributed by atoms with E-state index in [1.165, 1.54) is 20.3 Å². The van der Waals surface area contributed by atoms with Gasteiger partial charge in [-0.3, -0.25) is 0 Å². The minimum Gasteiger partial charge on any atom is -0.466 e. The first-order chi connectivity index (χ1) is 7.10. The van der Waals surface area contributed by atoms with E-state index in [-0.39, 0.29) is 18.1 Å². The monoisotopic (exact) mass is 213 g/mol. The van der Waals surface area contributed by atoms with Gasteiger partial charge >= 0.3 is 12.1 Å². The van der Waals surface area contributed by atoms with Crippen molar-refractivity contribution in [2.45, 2.75) is 19.4 Å². The van der Waals surface area contributed by atoms with Gasteiger partial charge in [-0.25, -0.2) is 9.59 Å². The Labute approximate surface area is 88.6 Å². The van der Waals surface area contributed by atoms with Crippen LogP contribution in [-0.4, -0.2) is 43.8 Å². The van der Waals surface area contributed by atoms with Crippen LogP contribution in [0.5, 0.6) is 0 Å². The third kappa shape index (κ3) is 2.49. The lowest BCUT2D eigenvalue weighted by Gasteiger charge is -2.19. The van der Waals surface area contributed by atoms with Crippen LogP contribution in [0.4, 0.5) is 4.79 Å². The van der Waals surface area contributed by atoms with E-state index in [1.807, 2.05) is 6.92 Å². The lowest BCUT2D eigenvalue weighted by molar-refractivity contribution is -0.134. The molecule has 5 heteroatoms. The molecular weight excluding hydrogens is 198 g/mol. The van der Waals surface area contributed by atoms with E-state index in [1.54, 1.807) is 4.90 Å². The molecule has 0 aliphatic carbocycles. The number of amides is 1. The van der Waals surface area contributed by atoms with Crippen molar-refractivity contribution in [2.75, 3.05) is 20.8 Å². The summed E-state index contributed by atoms with van der Waals surface area (Å²) < 4.78 is 9.16. The number of rotatable bonds is 1. The summed E-state index contributed by atoms with van der Waals surface area (Å²) in [4.78, 5) is 23.9. The number of esters is 1. The second-order valence-corrected chi connectivity index (χ2v) is 3.33. The number of methoxy groups -OCH3 is 2. The Morgan fingerprint density at radius 2 is 2.07 bits per heavy atom. The molecule has 0 bridgehead atoms. The van der Waals surface area contributed by atoms with Gasteiger partial charge in [0.1, 0.15) is 0 Å². The van der Waals surface area contributed by atoms with Crippen LogP contribution in [0.15, 0.2) is 11.6 Å². The highest BCUT2D eigenvalue weighted by molar-refractivity contribution is 5.83. The maximum Gasteiger partial charge on any atom is 0.409 e. The molecule has 1 rings (SSSR count). The van der Waals surface area contributed by atoms with E-state index in [9.17, 15) is 9.59 Å². The Kier molecular flexibility index (Phi) is 3.71. The predicted molar refractivity (Wildman–Crippen MR) is 53.3 cm³/mol. The molecule has 0 aromatic rings. The van der Waals surface area contributed by atoms with E-state index >= 15 is 0 Å². The Bertz CT molecular complexity index is 298. The molecule has 0 saturated carbocycles. The molecule has 0 N–H and O–H groups in total. The normalized spacial score (nSPS) is 23.0. The Balaban J connectivity index is 2.71. The van der Waals surface area contributed by atoms with Gasteiger partial charge in [-0.1, -0.05) is 0 Å². The van der Waals surface area contributed by atoms with E-state index < -0.39 is 0 Å². The molecule has 84 valence electrons. The fourth-order valence-electron chi connectivity index (χ4n) is 1.62. The fraction of sp³-hybridized carbons (Fsp3) is 0.600. The van der Waals surface area contributed by atoms with Crippen molar-refractivity contribution in [3.8, 4) is 0 Å². The minimum atomic E-state index is -0.386. The number of carbonyl (C=O) groups excluding carboxylic acids is 2. The predicted octanol–water partition coefficient (Wildman–Crippen LogP) is 0.946. The first-order valence-electron chi connectivity index (χ1n) is 4.73. The number of ether oxygens (including phenoxy) is 2. The Morgan fingerprint density at radius 1 is 1.40 bits per heavy atom. The summed E-state index contributed by atoms with van der Waals surface area (Å²) in [5.41, 5.74) is 0.896. The van der Waals surface area contributed by atoms with Crippen LogP contribution in [0.25, 0.3) is 0 Å². The summed E-state index contributed by atoms with van der Waals surface area (Å²) in [6.45, 7) is 2.44. The average Bonchev–Trinajstić information content (AvgIpc) is 2.59. The molecule has 1 aliphatic heterocycles. The van der Waals surface area contributed by atoms with E-state index in [4.69, 9.17) is 0 Å². The molecule has 0 radical (unpaired) electrons. The molecular formula is C10H15NO4. The summed E-state index contributed by atoms with van der Waals surface area (Å²) in [6, 6.07) is -0.100. The number of carbonyl (C=O) groups is 2. The van der Waals surface area contributed by atoms with Gasteiger partial charge in [-0.05, 0) is 18.9 Å². The third-order valence-electron chi connectivity index (χ3n) is 2.56. The fourth-order valence-corrected chi connectivity index (χ4v) is 1.62. The van der Waals surface area contributed by atoms with Crippen molar-refractivity contribution >= 4 is 12.1 Å². The standard InChI is InChI=1S/C10H15NO4/c1-7-8(6-9(12)14-2)4-5-11(7)10(13)15-3/h6-7H,4-5H2,1-3H3/b8-6+. The third-order valence-corrected chi connectivity index (χ3v) is 2.56. The molecule has 1 amide bonds. The van der Waals surface area contributed by atoms with Crippen LogP contribution in [0, 0.1) is 0 Å². The van der Waals surface area contributed by atoms with Gasteiger partial charge < -0.3 is 14.4 Å². The van der Waals surface area contributed by atoms with Crippen LogP contribution in [0.1, 0.15) is 13.3 Å². The maximum absolute atomic E-state index is 11.3. The van der Waals surface area contributed by atoms with Crippen LogP contribution in [0.3, 0.4) is 0 Å². The van der Waals surface area contributed by atoms with Gasteiger partial charge in [-0.2, -0.15) is 0 Å². The number of hydrogen-bond donors (Lipinski definition) is 0. The van der Waals surface area contributed by atoms with Crippen molar-refractivity contribution in [2.24, 2.45) is 0 Å². The van der Waals surface area contributed by atoms with Gasteiger partial charge in [-0.15, -0.1) is 0 Å². The van der Waals surface area contributed by atoms with Gasteiger partial charge in [0, 0.05) is 12.6 Å². The molecule has 1 aliphatic rings. The number of hydrogen-bond acceptors (Lipinski definition) is 4. The lowest BCUT2D eigenvalue weighted by Crippen LogP contribution is -2.34. The molecule has 0 aromatic carbocycles. The molecule has 0 spiro atoms. The smallest absolute Gasteiger partial charge is 0.409 e. The molecule has 0 aromatic heterocycles. The van der Waals surface area contributed by atoms with Crippen LogP contribution < -0.4 is 0 Å². The average molecular weight is 213 g/mol. The van der Waals surface area contributed by atoms with Gasteiger partial charge in [0.15, 0.2) is 0 Å². The van der Waals surface area contributed by atoms with Gasteiger partial charge in [0.2, 0.25) is 0 Å². The largest absolute Gasteiger partial charge is 0.466 e. The zero-order valence-electron chi connectivity index (χ0n) is 9.15. The first kappa shape index (κ1) is 11.6. The maximum atomic E-state index is 11.3. The van der Waals surface area contributed by atoms with Crippen LogP contribution in [-0.2, 0) is 14.3 Å². The van der Waals surface area contributed by atoms with Crippen molar-refractivity contribution in [1.29, 1.82) is 0 Å². The highest BCUT2D eigenvalue weighted by Gasteiger charge is 2.30. The highest BCUT2D eigenvalue weighted by Crippen LogP contribution is 2.23. The van der Waals surface area contributed by atoms with Crippen LogP contribution in [0.2, 0.25) is 0 Å². The van der Waals surface area contributed by atoms with Crippen molar-refractivity contribution in [3.63, 3.8) is 0 Å². The van der Waals surface area contributed by atoms with Gasteiger partial charge in [0.25, 0.3) is 0 Å². The quantitative estimate of drug-likeness (QED) is 0.480. The molecule has 1 fully saturated rings. The van der Waals surface area contributed by atoms with Crippen molar-refractivity contribution in [1.82, 2.24) is 4.90 Å². The zero-order valence-corrected chi connectivity index (χ0v) is 9.15. The summed E-state index contributed by atoms with van der Waals surface area (Å²) in [6.07, 6.45) is 1.76. The van der Waals surface area contributed by atoms with Crippen LogP contribution >= 0.6 is 0 Å². The van der Waals surface area contributed by atoms with Crippen molar-refractivity contribution < 1.29 is 19.1 Å². The second kappa shape index (κ2) is 4.82. The summed E-state index contributed by atoms with van der Waals surface area (Å²) >= 11 is 0. The SMILES string of the molecule is COC(=O)/C=C1\CCN(C(=O)OC)C1C. The zero-order chi connectivity index (χ0) is 11.4. The second-order valence-electron chi connectivity index (χ2n) is 3.33. The van der Waals surface area contributed by atoms with E-state index in [0.29, 0.717) is 13.0 Å². The summed E-state index contributed by atoms with van der Waals surface area (Å²) in [7, 11) is 2.67. The molecule has 5 nitrogen and oxygen atoms in total. The first-order valence-corrected chi connectivity index (χ1v) is 4.73. The lowest BCUT2D eigenvalue weighted by atomic mass is 10.1. The summed E-state index contributed by atoms with van der Waals surface area (Å²) in [5, 5.41) is 0. The molecule has 15 heavy (non-hydrogen) atoms. The van der Waals surface area contributed by atoms with Crippen molar-refractivity contribution in [3.05, 3.63) is 11.6 Å². The Morgan fingerprint density at radius 3 is 2.60 bits per heavy atom. The molecule has 1 atom stereocenters. The topological polar surface area (TPSA) is 55.8 Å².